The zero-order valence-corrected chi connectivity index (χ0v) is 15.2. The molecule has 1 N–H and O–H groups in total. The van der Waals surface area contributed by atoms with E-state index in [1.807, 2.05) is 0 Å². The van der Waals surface area contributed by atoms with Gasteiger partial charge in [0.05, 0.1) is 5.41 Å². The zero-order valence-electron chi connectivity index (χ0n) is 15.2. The molecular formula is C22H31NO. The third kappa shape index (κ3) is 2.59. The minimum atomic E-state index is -0.0953. The van der Waals surface area contributed by atoms with Crippen LogP contribution >= 0.6 is 0 Å². The van der Waals surface area contributed by atoms with E-state index in [-0.39, 0.29) is 10.8 Å². The Bertz CT molecular complexity index is 594. The van der Waals surface area contributed by atoms with Crippen LogP contribution in [0.5, 0.6) is 0 Å². The molecule has 1 aromatic rings. The molecule has 3 atom stereocenters. The van der Waals surface area contributed by atoms with Crippen LogP contribution in [0.2, 0.25) is 0 Å². The molecule has 1 aromatic carbocycles. The molecule has 4 fully saturated rings. The second-order valence-electron chi connectivity index (χ2n) is 9.05. The Morgan fingerprint density at radius 2 is 1.83 bits per heavy atom. The van der Waals surface area contributed by atoms with Crippen molar-refractivity contribution in [3.8, 4) is 0 Å². The van der Waals surface area contributed by atoms with Crippen molar-refractivity contribution < 1.29 is 4.79 Å². The minimum Gasteiger partial charge on any atom is -0.353 e. The van der Waals surface area contributed by atoms with Crippen LogP contribution in [0.15, 0.2) is 30.3 Å². The highest BCUT2D eigenvalue weighted by Gasteiger charge is 2.60. The van der Waals surface area contributed by atoms with Crippen LogP contribution in [0.1, 0.15) is 70.8 Å². The van der Waals surface area contributed by atoms with Gasteiger partial charge in [0.15, 0.2) is 0 Å². The second-order valence-corrected chi connectivity index (χ2v) is 9.05. The number of nitrogens with one attached hydrogen (secondary N) is 1. The Morgan fingerprint density at radius 3 is 2.46 bits per heavy atom. The van der Waals surface area contributed by atoms with Gasteiger partial charge < -0.3 is 5.32 Å². The Kier molecular flexibility index (Phi) is 3.97. The minimum absolute atomic E-state index is 0.0953. The number of carbonyl (C=O) groups is 1. The number of rotatable bonds is 5. The summed E-state index contributed by atoms with van der Waals surface area (Å²) < 4.78 is 0. The molecule has 4 saturated carbocycles. The molecule has 0 unspecified atom stereocenters. The van der Waals surface area contributed by atoms with Crippen molar-refractivity contribution in [3.63, 3.8) is 0 Å². The highest BCUT2D eigenvalue weighted by Crippen LogP contribution is 2.65. The van der Waals surface area contributed by atoms with Crippen molar-refractivity contribution >= 4 is 5.91 Å². The van der Waals surface area contributed by atoms with Crippen LogP contribution in [0.3, 0.4) is 0 Å². The van der Waals surface area contributed by atoms with Gasteiger partial charge >= 0.3 is 0 Å². The Hall–Kier alpha value is -1.31. The predicted octanol–water partition coefficient (Wildman–Crippen LogP) is 4.83. The molecular weight excluding hydrogens is 294 g/mol. The quantitative estimate of drug-likeness (QED) is 0.825. The first-order valence-electron chi connectivity index (χ1n) is 9.92. The summed E-state index contributed by atoms with van der Waals surface area (Å²) >= 11 is 0. The van der Waals surface area contributed by atoms with E-state index in [2.05, 4.69) is 49.5 Å². The topological polar surface area (TPSA) is 29.1 Å². The molecule has 5 rings (SSSR count). The third-order valence-corrected chi connectivity index (χ3v) is 7.03. The van der Waals surface area contributed by atoms with Crippen LogP contribution in [0, 0.1) is 17.3 Å². The predicted molar refractivity (Wildman–Crippen MR) is 97.7 cm³/mol. The van der Waals surface area contributed by atoms with Crippen LogP contribution in [-0.2, 0) is 10.2 Å². The highest BCUT2D eigenvalue weighted by atomic mass is 16.2. The first kappa shape index (κ1) is 16.2. The fourth-order valence-electron chi connectivity index (χ4n) is 6.54. The molecule has 0 saturated heterocycles. The fourth-order valence-corrected chi connectivity index (χ4v) is 6.54. The lowest BCUT2D eigenvalue weighted by Crippen LogP contribution is -2.59. The van der Waals surface area contributed by atoms with E-state index in [1.54, 1.807) is 0 Å². The maximum Gasteiger partial charge on any atom is 0.226 e. The van der Waals surface area contributed by atoms with Crippen LogP contribution in [0.25, 0.3) is 0 Å². The SMILES string of the molecule is CCC[C@@H](C)NC(=O)C12C[C@@H]3C[C@@H](C1)CC(c1ccccc1)(C3)C2. The van der Waals surface area contributed by atoms with Crippen molar-refractivity contribution in [2.24, 2.45) is 17.3 Å². The summed E-state index contributed by atoms with van der Waals surface area (Å²) in [5, 5.41) is 3.37. The molecule has 4 aliphatic carbocycles. The van der Waals surface area contributed by atoms with E-state index in [1.165, 1.54) is 24.8 Å². The van der Waals surface area contributed by atoms with Crippen molar-refractivity contribution in [3.05, 3.63) is 35.9 Å². The van der Waals surface area contributed by atoms with Gasteiger partial charge in [-0.3, -0.25) is 4.79 Å². The van der Waals surface area contributed by atoms with Gasteiger partial charge in [0.1, 0.15) is 0 Å². The van der Waals surface area contributed by atoms with Gasteiger partial charge in [0.25, 0.3) is 0 Å². The van der Waals surface area contributed by atoms with Gasteiger partial charge in [-0.2, -0.15) is 0 Å². The number of hydrogen-bond donors (Lipinski definition) is 1. The second kappa shape index (κ2) is 5.89. The molecule has 0 radical (unpaired) electrons. The van der Waals surface area contributed by atoms with Gasteiger partial charge in [0.2, 0.25) is 5.91 Å². The Balaban J connectivity index is 1.62. The van der Waals surface area contributed by atoms with Crippen molar-refractivity contribution in [2.75, 3.05) is 0 Å². The van der Waals surface area contributed by atoms with Gasteiger partial charge in [-0.25, -0.2) is 0 Å². The number of amides is 1. The molecule has 4 aliphatic rings. The van der Waals surface area contributed by atoms with E-state index >= 15 is 0 Å². The lowest BCUT2D eigenvalue weighted by atomic mass is 9.42. The lowest BCUT2D eigenvalue weighted by Gasteiger charge is -2.61. The Morgan fingerprint density at radius 1 is 1.17 bits per heavy atom. The number of carbonyl (C=O) groups excluding carboxylic acids is 1. The summed E-state index contributed by atoms with van der Waals surface area (Å²) in [6, 6.07) is 11.4. The van der Waals surface area contributed by atoms with Gasteiger partial charge in [-0.05, 0) is 74.7 Å². The van der Waals surface area contributed by atoms with Crippen LogP contribution in [0.4, 0.5) is 0 Å². The molecule has 0 heterocycles. The number of hydrogen-bond acceptors (Lipinski definition) is 1. The monoisotopic (exact) mass is 325 g/mol. The molecule has 24 heavy (non-hydrogen) atoms. The van der Waals surface area contributed by atoms with E-state index in [0.717, 1.165) is 43.9 Å². The van der Waals surface area contributed by atoms with Gasteiger partial charge in [-0.15, -0.1) is 0 Å². The van der Waals surface area contributed by atoms with E-state index in [9.17, 15) is 4.79 Å². The lowest BCUT2D eigenvalue weighted by molar-refractivity contribution is -0.149. The Labute approximate surface area is 146 Å². The van der Waals surface area contributed by atoms with E-state index < -0.39 is 0 Å². The van der Waals surface area contributed by atoms with Crippen LogP contribution < -0.4 is 5.32 Å². The fraction of sp³-hybridized carbons (Fsp3) is 0.682. The normalized spacial score (nSPS) is 38.1. The summed E-state index contributed by atoms with van der Waals surface area (Å²) in [7, 11) is 0. The van der Waals surface area contributed by atoms with Crippen LogP contribution in [-0.4, -0.2) is 11.9 Å². The summed E-state index contributed by atoms with van der Waals surface area (Å²) in [6.07, 6.45) is 9.49. The maximum atomic E-state index is 13.2. The molecule has 2 heteroatoms. The first-order chi connectivity index (χ1) is 11.6. The van der Waals surface area contributed by atoms with Gasteiger partial charge in [-0.1, -0.05) is 43.7 Å². The first-order valence-corrected chi connectivity index (χ1v) is 9.92. The highest BCUT2D eigenvalue weighted by molar-refractivity contribution is 5.83. The molecule has 0 aromatic heterocycles. The van der Waals surface area contributed by atoms with E-state index in [0.29, 0.717) is 11.9 Å². The average Bonchev–Trinajstić information content (AvgIpc) is 2.54. The van der Waals surface area contributed by atoms with Gasteiger partial charge in [0, 0.05) is 6.04 Å². The smallest absolute Gasteiger partial charge is 0.226 e. The largest absolute Gasteiger partial charge is 0.353 e. The summed E-state index contributed by atoms with van der Waals surface area (Å²) in [6.45, 7) is 4.35. The van der Waals surface area contributed by atoms with Crippen molar-refractivity contribution in [1.82, 2.24) is 5.32 Å². The van der Waals surface area contributed by atoms with E-state index in [4.69, 9.17) is 0 Å². The summed E-state index contributed by atoms with van der Waals surface area (Å²) in [5.41, 5.74) is 1.65. The molecule has 2 nitrogen and oxygen atoms in total. The third-order valence-electron chi connectivity index (χ3n) is 7.03. The maximum absolute atomic E-state index is 13.2. The average molecular weight is 325 g/mol. The number of benzene rings is 1. The molecule has 0 spiro atoms. The molecule has 0 aliphatic heterocycles. The molecule has 1 amide bonds. The molecule has 4 bridgehead atoms. The molecule has 130 valence electrons. The summed E-state index contributed by atoms with van der Waals surface area (Å²) in [5.74, 6) is 1.86. The summed E-state index contributed by atoms with van der Waals surface area (Å²) in [4.78, 5) is 13.2. The standard InChI is InChI=1S/C22H31NO/c1-3-7-16(2)23-20(24)22-13-17-10-18(14-22)12-21(11-17,15-22)19-8-5-4-6-9-19/h4-6,8-9,16-18H,3,7,10-15H2,1-2H3,(H,23,24)/t16-,17-,18-,21?,22?/m1/s1. The van der Waals surface area contributed by atoms with Crippen molar-refractivity contribution in [2.45, 2.75) is 76.7 Å². The van der Waals surface area contributed by atoms with Crippen molar-refractivity contribution in [1.29, 1.82) is 0 Å². The zero-order chi connectivity index (χ0) is 16.8.